The van der Waals surface area contributed by atoms with Crippen molar-refractivity contribution in [1.29, 1.82) is 0 Å². The van der Waals surface area contributed by atoms with Crippen LogP contribution in [0.15, 0.2) is 54.6 Å². The fourth-order valence-corrected chi connectivity index (χ4v) is 2.74. The molecule has 2 aromatic carbocycles. The molecule has 2 rings (SSSR count). The van der Waals surface area contributed by atoms with Gasteiger partial charge in [-0.15, -0.1) is 0 Å². The first-order valence-corrected chi connectivity index (χ1v) is 8.32. The lowest BCUT2D eigenvalue weighted by atomic mass is 10.2. The molecule has 100 valence electrons. The van der Waals surface area contributed by atoms with E-state index in [9.17, 15) is 4.57 Å². The molecule has 3 nitrogen and oxygen atoms in total. The van der Waals surface area contributed by atoms with Gasteiger partial charge < -0.3 is 4.52 Å². The lowest BCUT2D eigenvalue weighted by Gasteiger charge is -2.13. The Hall–Kier alpha value is -0.990. The summed E-state index contributed by atoms with van der Waals surface area (Å²) in [5.74, 6) is 0.232. The third-order valence-corrected chi connectivity index (χ3v) is 3.94. The molecule has 19 heavy (non-hydrogen) atoms. The first-order valence-electron chi connectivity index (χ1n) is 5.49. The van der Waals surface area contributed by atoms with Crippen LogP contribution in [0, 0.1) is 0 Å². The molecule has 0 heterocycles. The van der Waals surface area contributed by atoms with Crippen molar-refractivity contribution in [1.82, 2.24) is 0 Å². The van der Waals surface area contributed by atoms with Crippen LogP contribution in [0.3, 0.4) is 0 Å². The zero-order valence-electron chi connectivity index (χ0n) is 9.83. The molecule has 0 radical (unpaired) electrons. The molecule has 0 aliphatic heterocycles. The van der Waals surface area contributed by atoms with Crippen molar-refractivity contribution in [2.75, 3.05) is 0 Å². The summed E-state index contributed by atoms with van der Waals surface area (Å²) in [6.07, 6.45) is 0. The quantitative estimate of drug-likeness (QED) is 0.704. The van der Waals surface area contributed by atoms with E-state index in [1.807, 2.05) is 30.3 Å². The minimum absolute atomic E-state index is 0.103. The summed E-state index contributed by atoms with van der Waals surface area (Å²) >= 11 is 11.6. The van der Waals surface area contributed by atoms with E-state index in [1.54, 1.807) is 24.3 Å². The number of halogens is 2. The van der Waals surface area contributed by atoms with Gasteiger partial charge in [0, 0.05) is 11.2 Å². The van der Waals surface area contributed by atoms with Crippen molar-refractivity contribution < 1.29 is 13.6 Å². The van der Waals surface area contributed by atoms with Gasteiger partial charge in [0.1, 0.15) is 5.75 Å². The topological polar surface area (TPSA) is 35.5 Å². The summed E-state index contributed by atoms with van der Waals surface area (Å²) in [6, 6.07) is 15.9. The highest BCUT2D eigenvalue weighted by atomic mass is 35.7. The molecule has 0 saturated carbocycles. The minimum Gasteiger partial charge on any atom is -0.412 e. The molecule has 0 aliphatic rings. The van der Waals surface area contributed by atoms with E-state index in [1.165, 1.54) is 0 Å². The monoisotopic (exact) mass is 316 g/mol. The SMILES string of the molecule is O=P(Cl)(OCc1ccccc1)Oc1ccccc1Cl. The Bertz CT molecular complexity index is 589. The molecule has 0 fully saturated rings. The predicted octanol–water partition coefficient (Wildman–Crippen LogP) is 5.28. The van der Waals surface area contributed by atoms with Crippen molar-refractivity contribution in [3.8, 4) is 5.75 Å². The Morgan fingerprint density at radius 1 is 1.00 bits per heavy atom. The molecular formula is C13H11Cl2O3P. The van der Waals surface area contributed by atoms with E-state index in [0.717, 1.165) is 5.56 Å². The van der Waals surface area contributed by atoms with Gasteiger partial charge in [-0.25, -0.2) is 4.57 Å². The summed E-state index contributed by atoms with van der Waals surface area (Å²) in [7, 11) is 0. The number of benzene rings is 2. The smallest absolute Gasteiger partial charge is 0.412 e. The first-order chi connectivity index (χ1) is 9.07. The van der Waals surface area contributed by atoms with Crippen LogP contribution in [0.2, 0.25) is 5.02 Å². The van der Waals surface area contributed by atoms with Gasteiger partial charge in [0.05, 0.1) is 11.6 Å². The molecule has 1 unspecified atom stereocenters. The Balaban J connectivity index is 1.99. The van der Waals surface area contributed by atoms with E-state index in [0.29, 0.717) is 5.02 Å². The van der Waals surface area contributed by atoms with Crippen molar-refractivity contribution in [3.05, 3.63) is 65.2 Å². The number of hydrogen-bond acceptors (Lipinski definition) is 3. The molecular weight excluding hydrogens is 306 g/mol. The average molecular weight is 317 g/mol. The van der Waals surface area contributed by atoms with Gasteiger partial charge in [-0.1, -0.05) is 54.1 Å². The zero-order chi connectivity index (χ0) is 13.7. The van der Waals surface area contributed by atoms with Gasteiger partial charge in [0.25, 0.3) is 0 Å². The molecule has 0 aliphatic carbocycles. The van der Waals surface area contributed by atoms with Crippen molar-refractivity contribution in [2.45, 2.75) is 6.61 Å². The number of rotatable bonds is 5. The van der Waals surface area contributed by atoms with Gasteiger partial charge in [-0.05, 0) is 17.7 Å². The Kier molecular flexibility index (Phi) is 4.89. The second kappa shape index (κ2) is 6.44. The summed E-state index contributed by atoms with van der Waals surface area (Å²) in [5, 5.41) is 0.326. The van der Waals surface area contributed by atoms with Gasteiger partial charge in [0.15, 0.2) is 0 Å². The van der Waals surface area contributed by atoms with Crippen LogP contribution in [0.4, 0.5) is 0 Å². The number of para-hydroxylation sites is 1. The standard InChI is InChI=1S/C13H11Cl2O3P/c14-12-8-4-5-9-13(12)18-19(15,16)17-10-11-6-2-1-3-7-11/h1-9H,10H2. The zero-order valence-corrected chi connectivity index (χ0v) is 12.2. The van der Waals surface area contributed by atoms with Crippen molar-refractivity contribution >= 4 is 29.8 Å². The van der Waals surface area contributed by atoms with Crippen LogP contribution in [0.5, 0.6) is 5.75 Å². The third kappa shape index (κ3) is 4.55. The van der Waals surface area contributed by atoms with Gasteiger partial charge in [0.2, 0.25) is 0 Å². The van der Waals surface area contributed by atoms with E-state index < -0.39 is 6.95 Å². The van der Waals surface area contributed by atoms with E-state index in [2.05, 4.69) is 0 Å². The third-order valence-electron chi connectivity index (χ3n) is 2.27. The lowest BCUT2D eigenvalue weighted by molar-refractivity contribution is 0.270. The van der Waals surface area contributed by atoms with Gasteiger partial charge >= 0.3 is 6.95 Å². The summed E-state index contributed by atoms with van der Waals surface area (Å²) in [4.78, 5) is 0. The van der Waals surface area contributed by atoms with Crippen LogP contribution in [0.25, 0.3) is 0 Å². The largest absolute Gasteiger partial charge is 0.477 e. The fraction of sp³-hybridized carbons (Fsp3) is 0.0769. The maximum atomic E-state index is 12.0. The highest BCUT2D eigenvalue weighted by Crippen LogP contribution is 2.54. The summed E-state index contributed by atoms with van der Waals surface area (Å²) in [5.41, 5.74) is 0.853. The minimum atomic E-state index is -3.72. The molecule has 2 aromatic rings. The molecule has 6 heteroatoms. The Morgan fingerprint density at radius 3 is 2.32 bits per heavy atom. The first kappa shape index (κ1) is 14.4. The van der Waals surface area contributed by atoms with Crippen LogP contribution < -0.4 is 4.52 Å². The lowest BCUT2D eigenvalue weighted by Crippen LogP contribution is -1.94. The van der Waals surface area contributed by atoms with E-state index in [4.69, 9.17) is 31.9 Å². The number of hydrogen-bond donors (Lipinski definition) is 0. The molecule has 0 saturated heterocycles. The molecule has 0 amide bonds. The predicted molar refractivity (Wildman–Crippen MR) is 76.8 cm³/mol. The van der Waals surface area contributed by atoms with Crippen molar-refractivity contribution in [3.63, 3.8) is 0 Å². The van der Waals surface area contributed by atoms with Gasteiger partial charge in [-0.2, -0.15) is 0 Å². The summed E-state index contributed by atoms with van der Waals surface area (Å²) in [6.45, 7) is -3.62. The molecule has 1 atom stereocenters. The van der Waals surface area contributed by atoms with Crippen molar-refractivity contribution in [2.24, 2.45) is 0 Å². The van der Waals surface area contributed by atoms with Gasteiger partial charge in [-0.3, -0.25) is 4.52 Å². The van der Waals surface area contributed by atoms with Crippen LogP contribution in [-0.4, -0.2) is 0 Å². The molecule has 0 bridgehead atoms. The average Bonchev–Trinajstić information content (AvgIpc) is 2.40. The van der Waals surface area contributed by atoms with Crippen LogP contribution in [0.1, 0.15) is 5.56 Å². The molecule has 0 N–H and O–H groups in total. The second-order valence-corrected chi connectivity index (χ2v) is 6.66. The molecule has 0 spiro atoms. The Morgan fingerprint density at radius 2 is 1.63 bits per heavy atom. The molecule has 0 aromatic heterocycles. The normalized spacial score (nSPS) is 13.8. The maximum Gasteiger partial charge on any atom is 0.477 e. The maximum absolute atomic E-state index is 12.0. The Labute approximate surface area is 121 Å². The van der Waals surface area contributed by atoms with E-state index >= 15 is 0 Å². The highest BCUT2D eigenvalue weighted by molar-refractivity contribution is 7.81. The van der Waals surface area contributed by atoms with Crippen LogP contribution in [-0.2, 0) is 15.7 Å². The highest BCUT2D eigenvalue weighted by Gasteiger charge is 2.23. The second-order valence-electron chi connectivity index (χ2n) is 3.71. The summed E-state index contributed by atoms with van der Waals surface area (Å²) < 4.78 is 22.2. The van der Waals surface area contributed by atoms with Crippen LogP contribution >= 0.6 is 29.8 Å². The fourth-order valence-electron chi connectivity index (χ4n) is 1.39. The van der Waals surface area contributed by atoms with E-state index in [-0.39, 0.29) is 12.4 Å².